The molecular formula is C42H64N2Ni. The Kier molecular flexibility index (Phi) is 20.8. The molecule has 0 saturated carbocycles. The third kappa shape index (κ3) is 14.8. The zero-order chi connectivity index (χ0) is 32.7. The van der Waals surface area contributed by atoms with Gasteiger partial charge in [-0.15, -0.1) is 0 Å². The quantitative estimate of drug-likeness (QED) is 0.0727. The van der Waals surface area contributed by atoms with Gasteiger partial charge in [0.1, 0.15) is 0 Å². The number of rotatable bonds is 21. The van der Waals surface area contributed by atoms with Crippen LogP contribution in [0.15, 0.2) is 71.8 Å². The molecule has 1 aliphatic heterocycles. The third-order valence-electron chi connectivity index (χ3n) is 8.43. The molecule has 3 rings (SSSR count). The van der Waals surface area contributed by atoms with Crippen molar-refractivity contribution in [2.45, 2.75) is 155 Å². The second kappa shape index (κ2) is 24.0. The summed E-state index contributed by atoms with van der Waals surface area (Å²) >= 11 is 1.94. The summed E-state index contributed by atoms with van der Waals surface area (Å²) in [7, 11) is 0. The second-order valence-corrected chi connectivity index (χ2v) is 14.2. The van der Waals surface area contributed by atoms with Crippen molar-refractivity contribution in [3.05, 3.63) is 99.6 Å². The standard InChI is InChI=1S/C34H46N2.2C4H9.Ni/c1-5-6-7-8-9-10-11-12-13-14-15-16-17-24-32-29(4)33(30-22-18-20-27(2)25-30)36(35)34(32)31-23-19-21-28(3)26-31;2*1-3-4-2;/h17-26H,5-16H2,1-4H3;2*1,3-4H2,2H3;. The number of hydrogen-bond donors (Lipinski definition) is 0. The zero-order valence-corrected chi connectivity index (χ0v) is 30.7. The minimum atomic E-state index is 0.878. The number of hydrogen-bond acceptors (Lipinski definition) is 0. The summed E-state index contributed by atoms with van der Waals surface area (Å²) in [6.45, 7) is 13.1. The van der Waals surface area contributed by atoms with Crippen molar-refractivity contribution in [1.82, 2.24) is 0 Å². The molecular weight excluding hydrogens is 591 g/mol. The molecule has 1 heterocycles. The van der Waals surface area contributed by atoms with Crippen LogP contribution in [0.2, 0.25) is 10.8 Å². The van der Waals surface area contributed by atoms with Crippen molar-refractivity contribution in [3.63, 3.8) is 0 Å². The molecule has 0 atom stereocenters. The first-order chi connectivity index (χ1) is 21.9. The summed E-state index contributed by atoms with van der Waals surface area (Å²) in [4.78, 5) is 0. The van der Waals surface area contributed by atoms with Crippen LogP contribution < -0.4 is 0 Å². The summed E-state index contributed by atoms with van der Waals surface area (Å²) in [6, 6.07) is 16.8. The van der Waals surface area contributed by atoms with Gasteiger partial charge in [-0.25, -0.2) is 4.70 Å². The van der Waals surface area contributed by atoms with Gasteiger partial charge in [-0.1, -0.05) is 119 Å². The van der Waals surface area contributed by atoms with E-state index in [4.69, 9.17) is 0 Å². The monoisotopic (exact) mass is 654 g/mol. The first kappa shape index (κ1) is 38.9. The SMILES string of the molecule is CCCCCCCCCCCCCC=CC1=C(c2cccc(C)c2)[N+](=[N-])C(c2cccc(C)c2)=C1C.CCC[CH2][Ni][CH2]CCC. The van der Waals surface area contributed by atoms with Crippen LogP contribution in [0.3, 0.4) is 0 Å². The van der Waals surface area contributed by atoms with Gasteiger partial charge in [-0.2, -0.15) is 0 Å². The first-order valence-corrected chi connectivity index (χ1v) is 19.5. The molecule has 0 fully saturated rings. The van der Waals surface area contributed by atoms with E-state index in [9.17, 15) is 5.53 Å². The molecule has 0 N–H and O–H groups in total. The molecule has 0 spiro atoms. The van der Waals surface area contributed by atoms with Crippen LogP contribution in [0.25, 0.3) is 16.9 Å². The van der Waals surface area contributed by atoms with Crippen LogP contribution in [0.4, 0.5) is 0 Å². The average molecular weight is 656 g/mol. The molecule has 0 radical (unpaired) electrons. The van der Waals surface area contributed by atoms with Crippen LogP contribution in [0.1, 0.15) is 153 Å². The van der Waals surface area contributed by atoms with E-state index in [2.05, 4.69) is 102 Å². The number of unbranched alkanes of at least 4 members (excludes halogenated alkanes) is 13. The van der Waals surface area contributed by atoms with E-state index in [0.29, 0.717) is 0 Å². The fraction of sp³-hybridized carbons (Fsp3) is 0.571. The predicted molar refractivity (Wildman–Crippen MR) is 195 cm³/mol. The summed E-state index contributed by atoms with van der Waals surface area (Å²) in [5, 5.41) is 2.78. The van der Waals surface area contributed by atoms with Crippen LogP contribution in [0.5, 0.6) is 0 Å². The number of benzene rings is 2. The fourth-order valence-corrected chi connectivity index (χ4v) is 7.12. The Morgan fingerprint density at radius 1 is 0.600 bits per heavy atom. The van der Waals surface area contributed by atoms with Crippen molar-refractivity contribution in [2.75, 3.05) is 0 Å². The maximum absolute atomic E-state index is 11.4. The van der Waals surface area contributed by atoms with Gasteiger partial charge in [0.05, 0.1) is 5.57 Å². The van der Waals surface area contributed by atoms with Gasteiger partial charge in [-0.3, -0.25) is 0 Å². The molecule has 3 heteroatoms. The molecule has 0 aliphatic carbocycles. The molecule has 0 amide bonds. The van der Waals surface area contributed by atoms with E-state index >= 15 is 0 Å². The Morgan fingerprint density at radius 2 is 1.07 bits per heavy atom. The van der Waals surface area contributed by atoms with Gasteiger partial charge in [0.25, 0.3) is 0 Å². The van der Waals surface area contributed by atoms with Crippen LogP contribution >= 0.6 is 0 Å². The van der Waals surface area contributed by atoms with E-state index in [-0.39, 0.29) is 0 Å². The third-order valence-corrected chi connectivity index (χ3v) is 9.83. The normalized spacial score (nSPS) is 13.3. The molecule has 0 saturated heterocycles. The van der Waals surface area contributed by atoms with Gasteiger partial charge < -0.3 is 5.53 Å². The predicted octanol–water partition coefficient (Wildman–Crippen LogP) is 14.3. The minimum absolute atomic E-state index is 0.878. The Bertz CT molecular complexity index is 1210. The number of nitrogens with zero attached hydrogens (tertiary/aromatic N) is 2. The van der Waals surface area contributed by atoms with Crippen LogP contribution in [-0.4, -0.2) is 4.70 Å². The van der Waals surface area contributed by atoms with Crippen molar-refractivity contribution in [2.24, 2.45) is 0 Å². The molecule has 1 aliphatic rings. The summed E-state index contributed by atoms with van der Waals surface area (Å²) in [6.07, 6.45) is 26.2. The van der Waals surface area contributed by atoms with Crippen molar-refractivity contribution in [3.8, 4) is 0 Å². The zero-order valence-electron chi connectivity index (χ0n) is 29.7. The van der Waals surface area contributed by atoms with Gasteiger partial charge in [0, 0.05) is 16.7 Å². The topological polar surface area (TPSA) is 25.3 Å². The average Bonchev–Trinajstić information content (AvgIpc) is 3.28. The molecule has 0 bridgehead atoms. The molecule has 0 unspecified atom stereocenters. The molecule has 45 heavy (non-hydrogen) atoms. The number of aryl methyl sites for hydroxylation is 2. The Morgan fingerprint density at radius 3 is 1.56 bits per heavy atom. The van der Waals surface area contributed by atoms with E-state index in [0.717, 1.165) is 40.1 Å². The Hall–Kier alpha value is -2.25. The summed E-state index contributed by atoms with van der Waals surface area (Å²) in [5.74, 6) is 0. The van der Waals surface area contributed by atoms with Gasteiger partial charge in [0.15, 0.2) is 0 Å². The first-order valence-electron chi connectivity index (χ1n) is 18.1. The fourth-order valence-electron chi connectivity index (χ4n) is 5.68. The molecule has 0 aromatic heterocycles. The molecule has 2 aromatic rings. The Labute approximate surface area is 284 Å². The maximum atomic E-state index is 11.4. The van der Waals surface area contributed by atoms with Crippen molar-refractivity contribution < 1.29 is 19.1 Å². The van der Waals surface area contributed by atoms with E-state index in [1.54, 1.807) is 0 Å². The van der Waals surface area contributed by atoms with E-state index < -0.39 is 0 Å². The van der Waals surface area contributed by atoms with E-state index in [1.165, 1.54) is 123 Å². The number of allylic oxidation sites excluding steroid dienone is 4. The molecule has 2 aromatic carbocycles. The van der Waals surface area contributed by atoms with Crippen molar-refractivity contribution in [1.29, 1.82) is 0 Å². The Balaban J connectivity index is 0.000000681. The van der Waals surface area contributed by atoms with Crippen molar-refractivity contribution >= 4 is 11.4 Å². The molecule has 252 valence electrons. The summed E-state index contributed by atoms with van der Waals surface area (Å²) < 4.78 is 1.40. The molecule has 2 nitrogen and oxygen atoms in total. The second-order valence-electron chi connectivity index (χ2n) is 12.7. The van der Waals surface area contributed by atoms with E-state index in [1.807, 2.05) is 14.4 Å². The van der Waals surface area contributed by atoms with Gasteiger partial charge >= 0.3 is 64.8 Å². The van der Waals surface area contributed by atoms with Crippen LogP contribution in [-0.2, 0) is 14.4 Å². The van der Waals surface area contributed by atoms with Gasteiger partial charge in [-0.05, 0) is 57.9 Å². The summed E-state index contributed by atoms with van der Waals surface area (Å²) in [5.41, 5.74) is 19.8. The van der Waals surface area contributed by atoms with Crippen LogP contribution in [0, 0.1) is 13.8 Å². The van der Waals surface area contributed by atoms with Gasteiger partial charge in [0.2, 0.25) is 11.4 Å².